The molecule has 1 fully saturated rings. The van der Waals surface area contributed by atoms with E-state index < -0.39 is 22.5 Å². The van der Waals surface area contributed by atoms with Gasteiger partial charge in [0, 0.05) is 19.0 Å². The Morgan fingerprint density at radius 2 is 1.84 bits per heavy atom. The van der Waals surface area contributed by atoms with Crippen molar-refractivity contribution >= 4 is 21.9 Å². The van der Waals surface area contributed by atoms with Gasteiger partial charge in [-0.1, -0.05) is 6.07 Å². The molecular formula is C17H22N2O5S. The summed E-state index contributed by atoms with van der Waals surface area (Å²) in [5.74, 6) is -1.76. The summed E-state index contributed by atoms with van der Waals surface area (Å²) in [7, 11) is -3.55. The molecule has 0 radical (unpaired) electrons. The molecule has 0 saturated carbocycles. The van der Waals surface area contributed by atoms with Gasteiger partial charge in [0.1, 0.15) is 6.54 Å². The van der Waals surface area contributed by atoms with Crippen LogP contribution in [0.25, 0.3) is 0 Å². The maximum atomic E-state index is 12.8. The highest BCUT2D eigenvalue weighted by atomic mass is 32.2. The number of rotatable bonds is 5. The lowest BCUT2D eigenvalue weighted by Crippen LogP contribution is -2.43. The molecule has 0 bridgehead atoms. The van der Waals surface area contributed by atoms with Gasteiger partial charge in [0.15, 0.2) is 0 Å². The van der Waals surface area contributed by atoms with Crippen LogP contribution in [0.2, 0.25) is 0 Å². The van der Waals surface area contributed by atoms with E-state index in [1.807, 2.05) is 6.07 Å². The Balaban J connectivity index is 1.64. The van der Waals surface area contributed by atoms with E-state index in [1.54, 1.807) is 12.1 Å². The first-order valence-corrected chi connectivity index (χ1v) is 9.93. The molecule has 8 heteroatoms. The first-order valence-electron chi connectivity index (χ1n) is 8.49. The first kappa shape index (κ1) is 17.9. The number of carbonyl (C=O) groups is 2. The fourth-order valence-electron chi connectivity index (χ4n) is 3.52. The van der Waals surface area contributed by atoms with Crippen LogP contribution in [0.4, 0.5) is 0 Å². The van der Waals surface area contributed by atoms with Crippen molar-refractivity contribution in [3.8, 4) is 0 Å². The Bertz CT molecular complexity index is 782. The predicted octanol–water partition coefficient (Wildman–Crippen LogP) is 0.777. The van der Waals surface area contributed by atoms with Gasteiger partial charge in [-0.15, -0.1) is 0 Å². The average molecular weight is 366 g/mol. The van der Waals surface area contributed by atoms with E-state index >= 15 is 0 Å². The number of piperidine rings is 1. The smallest absolute Gasteiger partial charge is 0.322 e. The second-order valence-electron chi connectivity index (χ2n) is 6.57. The summed E-state index contributed by atoms with van der Waals surface area (Å²) in [6.45, 7) is 0.127. The molecule has 1 aliphatic carbocycles. The van der Waals surface area contributed by atoms with Gasteiger partial charge in [-0.2, -0.15) is 4.31 Å². The number of fused-ring (bicyclic) bond motifs is 1. The van der Waals surface area contributed by atoms with Crippen molar-refractivity contribution in [1.29, 1.82) is 0 Å². The Labute approximate surface area is 147 Å². The van der Waals surface area contributed by atoms with E-state index in [-0.39, 0.29) is 24.9 Å². The van der Waals surface area contributed by atoms with Gasteiger partial charge >= 0.3 is 5.97 Å². The number of aliphatic carboxylic acids is 1. The molecule has 0 unspecified atom stereocenters. The number of nitrogens with one attached hydrogen (secondary N) is 1. The number of benzene rings is 1. The van der Waals surface area contributed by atoms with Crippen LogP contribution < -0.4 is 5.32 Å². The average Bonchev–Trinajstić information content (AvgIpc) is 3.07. The molecule has 7 nitrogen and oxygen atoms in total. The zero-order valence-corrected chi connectivity index (χ0v) is 14.7. The molecule has 1 aromatic rings. The van der Waals surface area contributed by atoms with Crippen LogP contribution in [0.1, 0.15) is 30.4 Å². The van der Waals surface area contributed by atoms with Gasteiger partial charge in [0.2, 0.25) is 15.9 Å². The Morgan fingerprint density at radius 1 is 1.16 bits per heavy atom. The van der Waals surface area contributed by atoms with E-state index in [2.05, 4.69) is 5.32 Å². The summed E-state index contributed by atoms with van der Waals surface area (Å²) >= 11 is 0. The van der Waals surface area contributed by atoms with Crippen LogP contribution in [-0.4, -0.2) is 49.3 Å². The van der Waals surface area contributed by atoms with Crippen LogP contribution in [0.5, 0.6) is 0 Å². The maximum absolute atomic E-state index is 12.8. The van der Waals surface area contributed by atoms with E-state index in [1.165, 1.54) is 9.87 Å². The van der Waals surface area contributed by atoms with Gasteiger partial charge in [-0.3, -0.25) is 9.59 Å². The molecule has 3 rings (SSSR count). The SMILES string of the molecule is O=C(O)CNC(=O)C1CCN(S(=O)(=O)c2ccc3c(c2)CCC3)CC1. The molecule has 0 aromatic heterocycles. The number of sulfonamides is 1. The van der Waals surface area contributed by atoms with E-state index in [0.29, 0.717) is 17.7 Å². The fraction of sp³-hybridized carbons (Fsp3) is 0.529. The van der Waals surface area contributed by atoms with E-state index in [9.17, 15) is 18.0 Å². The summed E-state index contributed by atoms with van der Waals surface area (Å²) in [4.78, 5) is 22.7. The molecular weight excluding hydrogens is 344 g/mol. The molecule has 2 N–H and O–H groups in total. The lowest BCUT2D eigenvalue weighted by Gasteiger charge is -2.30. The van der Waals surface area contributed by atoms with Crippen molar-refractivity contribution in [3.05, 3.63) is 29.3 Å². The Kier molecular flexibility index (Phi) is 5.10. The van der Waals surface area contributed by atoms with Crippen molar-refractivity contribution in [1.82, 2.24) is 9.62 Å². The minimum absolute atomic E-state index is 0.268. The number of amides is 1. The minimum atomic E-state index is -3.55. The van der Waals surface area contributed by atoms with Crippen molar-refractivity contribution in [2.75, 3.05) is 19.6 Å². The highest BCUT2D eigenvalue weighted by Crippen LogP contribution is 2.28. The van der Waals surface area contributed by atoms with Crippen molar-refractivity contribution in [3.63, 3.8) is 0 Å². The number of nitrogens with zero attached hydrogens (tertiary/aromatic N) is 1. The topological polar surface area (TPSA) is 104 Å². The van der Waals surface area contributed by atoms with Crippen LogP contribution in [0.3, 0.4) is 0 Å². The van der Waals surface area contributed by atoms with Crippen LogP contribution >= 0.6 is 0 Å². The van der Waals surface area contributed by atoms with Crippen LogP contribution in [-0.2, 0) is 32.5 Å². The standard InChI is InChI=1S/C17H22N2O5S/c20-16(21)11-18-17(22)13-6-8-19(9-7-13)25(23,24)15-5-4-12-2-1-3-14(12)10-15/h4-5,10,13H,1-3,6-9,11H2,(H,18,22)(H,20,21). The van der Waals surface area contributed by atoms with Crippen LogP contribution in [0.15, 0.2) is 23.1 Å². The molecule has 0 spiro atoms. The molecule has 1 amide bonds. The lowest BCUT2D eigenvalue weighted by molar-refractivity contribution is -0.138. The Morgan fingerprint density at radius 3 is 2.52 bits per heavy atom. The van der Waals surface area contributed by atoms with Crippen LogP contribution in [0, 0.1) is 5.92 Å². The Hall–Kier alpha value is -1.93. The van der Waals surface area contributed by atoms with Crippen molar-refractivity contribution in [2.24, 2.45) is 5.92 Å². The maximum Gasteiger partial charge on any atom is 0.322 e. The molecule has 0 atom stereocenters. The molecule has 2 aliphatic rings. The molecule has 1 aliphatic heterocycles. The van der Waals surface area contributed by atoms with Crippen molar-refractivity contribution in [2.45, 2.75) is 37.0 Å². The highest BCUT2D eigenvalue weighted by molar-refractivity contribution is 7.89. The second-order valence-corrected chi connectivity index (χ2v) is 8.51. The third kappa shape index (κ3) is 3.85. The third-order valence-electron chi connectivity index (χ3n) is 4.95. The number of carboxylic acids is 1. The number of carbonyl (C=O) groups excluding carboxylic acids is 1. The first-order chi connectivity index (χ1) is 11.9. The zero-order chi connectivity index (χ0) is 18.0. The second kappa shape index (κ2) is 7.13. The van der Waals surface area contributed by atoms with Gasteiger partial charge in [0.25, 0.3) is 0 Å². The molecule has 136 valence electrons. The predicted molar refractivity (Wildman–Crippen MR) is 90.6 cm³/mol. The molecule has 25 heavy (non-hydrogen) atoms. The molecule has 1 heterocycles. The number of aryl methyl sites for hydroxylation is 2. The zero-order valence-electron chi connectivity index (χ0n) is 13.9. The lowest BCUT2D eigenvalue weighted by atomic mass is 9.97. The normalized spacial score (nSPS) is 18.7. The summed E-state index contributed by atoms with van der Waals surface area (Å²) in [6, 6.07) is 5.36. The number of hydrogen-bond donors (Lipinski definition) is 2. The monoisotopic (exact) mass is 366 g/mol. The fourth-order valence-corrected chi connectivity index (χ4v) is 5.04. The summed E-state index contributed by atoms with van der Waals surface area (Å²) in [5, 5.41) is 11.0. The van der Waals surface area contributed by atoms with E-state index in [0.717, 1.165) is 24.8 Å². The number of hydrogen-bond acceptors (Lipinski definition) is 4. The molecule has 1 aromatic carbocycles. The highest BCUT2D eigenvalue weighted by Gasteiger charge is 2.32. The molecule has 1 saturated heterocycles. The van der Waals surface area contributed by atoms with Crippen molar-refractivity contribution < 1.29 is 23.1 Å². The van der Waals surface area contributed by atoms with E-state index in [4.69, 9.17) is 5.11 Å². The van der Waals surface area contributed by atoms with Gasteiger partial charge in [-0.05, 0) is 55.4 Å². The summed E-state index contributed by atoms with van der Waals surface area (Å²) in [6.07, 6.45) is 3.79. The summed E-state index contributed by atoms with van der Waals surface area (Å²) in [5.41, 5.74) is 2.34. The third-order valence-corrected chi connectivity index (χ3v) is 6.84. The van der Waals surface area contributed by atoms with Gasteiger partial charge in [-0.25, -0.2) is 8.42 Å². The quantitative estimate of drug-likeness (QED) is 0.801. The van der Waals surface area contributed by atoms with Gasteiger partial charge < -0.3 is 10.4 Å². The largest absolute Gasteiger partial charge is 0.480 e. The number of carboxylic acid groups (broad SMARTS) is 1. The summed E-state index contributed by atoms with van der Waals surface area (Å²) < 4.78 is 27.1. The van der Waals surface area contributed by atoms with Gasteiger partial charge in [0.05, 0.1) is 4.90 Å². The minimum Gasteiger partial charge on any atom is -0.480 e.